The summed E-state index contributed by atoms with van der Waals surface area (Å²) in [5.74, 6) is 1.34. The Morgan fingerprint density at radius 3 is 2.70 bits per heavy atom. The van der Waals surface area contributed by atoms with Gasteiger partial charge in [0.15, 0.2) is 5.82 Å². The largest absolute Gasteiger partial charge is 0.381 e. The first-order chi connectivity index (χ1) is 11.2. The summed E-state index contributed by atoms with van der Waals surface area (Å²) >= 11 is 0. The molecule has 1 unspecified atom stereocenters. The van der Waals surface area contributed by atoms with Crippen molar-refractivity contribution >= 4 is 5.82 Å². The molecule has 3 heterocycles. The third kappa shape index (κ3) is 3.80. The Labute approximate surface area is 137 Å². The molecule has 1 N–H and O–H groups in total. The number of aromatic nitrogens is 2. The van der Waals surface area contributed by atoms with E-state index in [9.17, 15) is 5.26 Å². The number of nitrogens with one attached hydrogen (secondary N) is 1. The molecule has 0 radical (unpaired) electrons. The Morgan fingerprint density at radius 1 is 1.26 bits per heavy atom. The van der Waals surface area contributed by atoms with Gasteiger partial charge >= 0.3 is 0 Å². The van der Waals surface area contributed by atoms with Crippen LogP contribution in [0.1, 0.15) is 36.1 Å². The quantitative estimate of drug-likeness (QED) is 0.914. The molecule has 0 saturated carbocycles. The SMILES string of the molecule is Cc1nnc(NC2CCN(CC3CCOC3)CC2)c(C#N)c1C. The molecule has 6 heteroatoms. The second-order valence-electron chi connectivity index (χ2n) is 6.69. The van der Waals surface area contributed by atoms with Gasteiger partial charge in [0.2, 0.25) is 0 Å². The number of piperidine rings is 1. The summed E-state index contributed by atoms with van der Waals surface area (Å²) in [7, 11) is 0. The number of nitriles is 1. The van der Waals surface area contributed by atoms with Crippen molar-refractivity contribution in [1.29, 1.82) is 5.26 Å². The molecule has 2 saturated heterocycles. The van der Waals surface area contributed by atoms with Crippen molar-refractivity contribution < 1.29 is 4.74 Å². The summed E-state index contributed by atoms with van der Waals surface area (Å²) in [6.45, 7) is 8.99. The van der Waals surface area contributed by atoms with Crippen LogP contribution in [0.2, 0.25) is 0 Å². The number of nitrogens with zero attached hydrogens (tertiary/aromatic N) is 4. The maximum Gasteiger partial charge on any atom is 0.167 e. The van der Waals surface area contributed by atoms with E-state index in [4.69, 9.17) is 4.74 Å². The lowest BCUT2D eigenvalue weighted by molar-refractivity contribution is 0.154. The molecule has 3 rings (SSSR count). The smallest absolute Gasteiger partial charge is 0.167 e. The van der Waals surface area contributed by atoms with Crippen molar-refractivity contribution in [1.82, 2.24) is 15.1 Å². The Balaban J connectivity index is 1.55. The minimum absolute atomic E-state index is 0.370. The molecular weight excluding hydrogens is 290 g/mol. The molecule has 23 heavy (non-hydrogen) atoms. The van der Waals surface area contributed by atoms with Crippen LogP contribution >= 0.6 is 0 Å². The van der Waals surface area contributed by atoms with Crippen LogP contribution in [0.4, 0.5) is 5.82 Å². The van der Waals surface area contributed by atoms with Crippen LogP contribution in [0.25, 0.3) is 0 Å². The molecule has 124 valence electrons. The average Bonchev–Trinajstić information content (AvgIpc) is 3.06. The van der Waals surface area contributed by atoms with Gasteiger partial charge in [-0.3, -0.25) is 0 Å². The fourth-order valence-corrected chi connectivity index (χ4v) is 3.39. The van der Waals surface area contributed by atoms with E-state index in [0.717, 1.165) is 56.9 Å². The summed E-state index contributed by atoms with van der Waals surface area (Å²) in [6, 6.07) is 2.63. The fourth-order valence-electron chi connectivity index (χ4n) is 3.39. The number of anilines is 1. The first kappa shape index (κ1) is 16.2. The number of aryl methyl sites for hydroxylation is 1. The van der Waals surface area contributed by atoms with Gasteiger partial charge in [0, 0.05) is 32.3 Å². The molecule has 2 aliphatic heterocycles. The van der Waals surface area contributed by atoms with Crippen LogP contribution in [-0.2, 0) is 4.74 Å². The van der Waals surface area contributed by atoms with Gasteiger partial charge in [0.05, 0.1) is 12.3 Å². The molecule has 0 amide bonds. The Hall–Kier alpha value is -1.71. The highest BCUT2D eigenvalue weighted by molar-refractivity contribution is 5.56. The molecule has 1 atom stereocenters. The first-order valence-corrected chi connectivity index (χ1v) is 8.48. The molecule has 2 fully saturated rings. The number of hydrogen-bond acceptors (Lipinski definition) is 6. The van der Waals surface area contributed by atoms with E-state index in [1.54, 1.807) is 0 Å². The molecule has 2 aliphatic rings. The van der Waals surface area contributed by atoms with Gasteiger partial charge in [-0.05, 0) is 44.6 Å². The van der Waals surface area contributed by atoms with Crippen molar-refractivity contribution in [2.45, 2.75) is 39.2 Å². The summed E-state index contributed by atoms with van der Waals surface area (Å²) in [5, 5.41) is 21.2. The zero-order valence-electron chi connectivity index (χ0n) is 14.0. The van der Waals surface area contributed by atoms with Crippen molar-refractivity contribution in [3.05, 3.63) is 16.8 Å². The highest BCUT2D eigenvalue weighted by Gasteiger charge is 2.24. The number of ether oxygens (including phenoxy) is 1. The van der Waals surface area contributed by atoms with E-state index in [-0.39, 0.29) is 0 Å². The average molecular weight is 315 g/mol. The van der Waals surface area contributed by atoms with Crippen molar-refractivity contribution in [2.24, 2.45) is 5.92 Å². The summed E-state index contributed by atoms with van der Waals surface area (Å²) in [4.78, 5) is 2.54. The standard InChI is InChI=1S/C17H25N5O/c1-12-13(2)20-21-17(16(12)9-18)19-15-3-6-22(7-4-15)10-14-5-8-23-11-14/h14-15H,3-8,10-11H2,1-2H3,(H,19,21). The van der Waals surface area contributed by atoms with Crippen molar-refractivity contribution in [3.8, 4) is 6.07 Å². The van der Waals surface area contributed by atoms with Crippen LogP contribution in [0.3, 0.4) is 0 Å². The lowest BCUT2D eigenvalue weighted by Gasteiger charge is -2.33. The maximum atomic E-state index is 9.38. The number of likely N-dealkylation sites (tertiary alicyclic amines) is 1. The maximum absolute atomic E-state index is 9.38. The van der Waals surface area contributed by atoms with E-state index in [2.05, 4.69) is 26.5 Å². The molecule has 6 nitrogen and oxygen atoms in total. The predicted molar refractivity (Wildman–Crippen MR) is 88.2 cm³/mol. The molecule has 0 bridgehead atoms. The molecule has 1 aromatic heterocycles. The molecule has 1 aromatic rings. The summed E-state index contributed by atoms with van der Waals surface area (Å²) in [6.07, 6.45) is 3.35. The normalized spacial score (nSPS) is 22.9. The van der Waals surface area contributed by atoms with Gasteiger partial charge in [-0.25, -0.2) is 0 Å². The topological polar surface area (TPSA) is 74.1 Å². The highest BCUT2D eigenvalue weighted by atomic mass is 16.5. The third-order valence-corrected chi connectivity index (χ3v) is 5.04. The fraction of sp³-hybridized carbons (Fsp3) is 0.706. The summed E-state index contributed by atoms with van der Waals surface area (Å²) < 4.78 is 5.46. The number of rotatable bonds is 4. The molecule has 0 spiro atoms. The highest BCUT2D eigenvalue weighted by Crippen LogP contribution is 2.22. The van der Waals surface area contributed by atoms with Crippen LogP contribution in [0.15, 0.2) is 0 Å². The van der Waals surface area contributed by atoms with Gasteiger partial charge in [-0.2, -0.15) is 10.4 Å². The van der Waals surface area contributed by atoms with Crippen LogP contribution < -0.4 is 5.32 Å². The minimum atomic E-state index is 0.370. The van der Waals surface area contributed by atoms with E-state index < -0.39 is 0 Å². The van der Waals surface area contributed by atoms with E-state index in [1.165, 1.54) is 6.42 Å². The lowest BCUT2D eigenvalue weighted by Crippen LogP contribution is -2.41. The Bertz CT molecular complexity index is 583. The second kappa shape index (κ2) is 7.24. The molecule has 0 aliphatic carbocycles. The van der Waals surface area contributed by atoms with Gasteiger partial charge in [-0.1, -0.05) is 0 Å². The molecular formula is C17H25N5O. The van der Waals surface area contributed by atoms with E-state index in [0.29, 0.717) is 23.3 Å². The minimum Gasteiger partial charge on any atom is -0.381 e. The predicted octanol–water partition coefficient (Wildman–Crippen LogP) is 1.88. The van der Waals surface area contributed by atoms with Crippen molar-refractivity contribution in [3.63, 3.8) is 0 Å². The van der Waals surface area contributed by atoms with Crippen molar-refractivity contribution in [2.75, 3.05) is 38.2 Å². The number of hydrogen-bond donors (Lipinski definition) is 1. The van der Waals surface area contributed by atoms with Gasteiger partial charge in [0.1, 0.15) is 11.6 Å². The Morgan fingerprint density at radius 2 is 2.04 bits per heavy atom. The van der Waals surface area contributed by atoms with Gasteiger partial charge in [-0.15, -0.1) is 5.10 Å². The second-order valence-corrected chi connectivity index (χ2v) is 6.69. The van der Waals surface area contributed by atoms with Gasteiger partial charge in [0.25, 0.3) is 0 Å². The molecule has 0 aromatic carbocycles. The lowest BCUT2D eigenvalue weighted by atomic mass is 10.0. The van der Waals surface area contributed by atoms with Crippen LogP contribution in [0.5, 0.6) is 0 Å². The Kier molecular flexibility index (Phi) is 5.09. The summed E-state index contributed by atoms with van der Waals surface area (Å²) in [5.41, 5.74) is 2.37. The zero-order chi connectivity index (χ0) is 16.2. The van der Waals surface area contributed by atoms with Crippen LogP contribution in [0, 0.1) is 31.1 Å². The van der Waals surface area contributed by atoms with Crippen LogP contribution in [-0.4, -0.2) is 54.0 Å². The zero-order valence-corrected chi connectivity index (χ0v) is 14.0. The van der Waals surface area contributed by atoms with E-state index in [1.807, 2.05) is 13.8 Å². The first-order valence-electron chi connectivity index (χ1n) is 8.48. The van der Waals surface area contributed by atoms with E-state index >= 15 is 0 Å². The third-order valence-electron chi connectivity index (χ3n) is 5.04. The monoisotopic (exact) mass is 315 g/mol. The van der Waals surface area contributed by atoms with Gasteiger partial charge < -0.3 is 15.0 Å².